The van der Waals surface area contributed by atoms with Crippen LogP contribution in [0.2, 0.25) is 0 Å². The summed E-state index contributed by atoms with van der Waals surface area (Å²) in [5.74, 6) is 0. The van der Waals surface area contributed by atoms with Crippen molar-refractivity contribution in [2.45, 2.75) is 0 Å². The summed E-state index contributed by atoms with van der Waals surface area (Å²) in [6, 6.07) is 57.8. The first kappa shape index (κ1) is 24.3. The minimum atomic E-state index is 1.12. The van der Waals surface area contributed by atoms with Crippen LogP contribution in [0.25, 0.3) is 22.3 Å². The van der Waals surface area contributed by atoms with Gasteiger partial charge in [0.05, 0.1) is 5.69 Å². The van der Waals surface area contributed by atoms with Gasteiger partial charge in [-0.15, -0.1) is 0 Å². The molecule has 2 heteroatoms. The fourth-order valence-corrected chi connectivity index (χ4v) is 5.02. The van der Waals surface area contributed by atoms with E-state index >= 15 is 0 Å². The van der Waals surface area contributed by atoms with Gasteiger partial charge >= 0.3 is 0 Å². The second-order valence-corrected chi connectivity index (χ2v) is 9.54. The number of hydrogen-bond donors (Lipinski definition) is 0. The molecule has 0 spiro atoms. The van der Waals surface area contributed by atoms with E-state index in [2.05, 4.69) is 175 Å². The number of anilines is 5. The molecule has 0 unspecified atom stereocenters. The maximum atomic E-state index is 2.34. The molecule has 0 atom stereocenters. The van der Waals surface area contributed by atoms with Gasteiger partial charge in [0, 0.05) is 35.4 Å². The van der Waals surface area contributed by atoms with Gasteiger partial charge in [0.1, 0.15) is 0 Å². The maximum Gasteiger partial charge on any atom is 0.0540 e. The molecule has 2 nitrogen and oxygen atoms in total. The average molecular weight is 503 g/mol. The molecule has 0 saturated carbocycles. The predicted molar refractivity (Wildman–Crippen MR) is 167 cm³/mol. The van der Waals surface area contributed by atoms with Crippen molar-refractivity contribution in [2.24, 2.45) is 0 Å². The fraction of sp³-hybridized carbons (Fsp3) is 0.0270. The van der Waals surface area contributed by atoms with Crippen LogP contribution in [0.5, 0.6) is 0 Å². The van der Waals surface area contributed by atoms with Crippen molar-refractivity contribution in [3.63, 3.8) is 0 Å². The van der Waals surface area contributed by atoms with Crippen LogP contribution in [-0.4, -0.2) is 7.05 Å². The molecule has 6 aromatic carbocycles. The number of rotatable bonds is 7. The Morgan fingerprint density at radius 1 is 0.333 bits per heavy atom. The second kappa shape index (κ2) is 11.1. The first-order valence-electron chi connectivity index (χ1n) is 13.3. The van der Waals surface area contributed by atoms with Gasteiger partial charge < -0.3 is 9.80 Å². The lowest BCUT2D eigenvalue weighted by atomic mass is 10.0. The molecule has 0 saturated heterocycles. The number of nitrogens with zero attached hydrogens (tertiary/aromatic N) is 2. The second-order valence-electron chi connectivity index (χ2n) is 9.54. The summed E-state index contributed by atoms with van der Waals surface area (Å²) >= 11 is 0. The van der Waals surface area contributed by atoms with Crippen LogP contribution < -0.4 is 9.80 Å². The van der Waals surface area contributed by atoms with E-state index in [-0.39, 0.29) is 0 Å². The van der Waals surface area contributed by atoms with Gasteiger partial charge in [0.15, 0.2) is 0 Å². The maximum absolute atomic E-state index is 2.34. The molecule has 0 N–H and O–H groups in total. The molecule has 0 amide bonds. The zero-order valence-electron chi connectivity index (χ0n) is 22.0. The molecule has 6 aromatic rings. The molecule has 0 radical (unpaired) electrons. The topological polar surface area (TPSA) is 6.48 Å². The fourth-order valence-electron chi connectivity index (χ4n) is 5.02. The van der Waals surface area contributed by atoms with Gasteiger partial charge in [0.25, 0.3) is 0 Å². The van der Waals surface area contributed by atoms with Crippen LogP contribution in [0.1, 0.15) is 0 Å². The Balaban J connectivity index is 1.34. The highest BCUT2D eigenvalue weighted by Crippen LogP contribution is 2.41. The Hall–Kier alpha value is -5.08. The number of hydrogen-bond acceptors (Lipinski definition) is 2. The molecule has 0 heterocycles. The molecule has 0 aliphatic heterocycles. The SMILES string of the molecule is CN(c1ccccc1)c1ccc(-c2ccc(N(c3ccccc3)c3ccccc3-c3ccccc3)cc2)cc1. The minimum absolute atomic E-state index is 1.12. The van der Waals surface area contributed by atoms with Crippen LogP contribution in [-0.2, 0) is 0 Å². The number of benzene rings is 6. The van der Waals surface area contributed by atoms with Crippen molar-refractivity contribution in [1.82, 2.24) is 0 Å². The van der Waals surface area contributed by atoms with Crippen molar-refractivity contribution >= 4 is 28.4 Å². The molecule has 0 aromatic heterocycles. The van der Waals surface area contributed by atoms with Gasteiger partial charge in [-0.05, 0) is 71.3 Å². The van der Waals surface area contributed by atoms with Crippen LogP contribution in [0.15, 0.2) is 164 Å². The summed E-state index contributed by atoms with van der Waals surface area (Å²) in [5, 5.41) is 0. The van der Waals surface area contributed by atoms with Crippen molar-refractivity contribution in [1.29, 1.82) is 0 Å². The molecular formula is C37H30N2. The highest BCUT2D eigenvalue weighted by atomic mass is 15.1. The van der Waals surface area contributed by atoms with Crippen LogP contribution in [0.3, 0.4) is 0 Å². The third-order valence-electron chi connectivity index (χ3n) is 7.10. The summed E-state index contributed by atoms with van der Waals surface area (Å²) in [6.45, 7) is 0. The Labute approximate surface area is 231 Å². The van der Waals surface area contributed by atoms with Crippen molar-refractivity contribution in [3.8, 4) is 22.3 Å². The Kier molecular flexibility index (Phi) is 6.92. The van der Waals surface area contributed by atoms with Crippen molar-refractivity contribution < 1.29 is 0 Å². The van der Waals surface area contributed by atoms with Gasteiger partial charge in [-0.2, -0.15) is 0 Å². The molecule has 39 heavy (non-hydrogen) atoms. The third-order valence-corrected chi connectivity index (χ3v) is 7.10. The smallest absolute Gasteiger partial charge is 0.0540 e. The largest absolute Gasteiger partial charge is 0.345 e. The molecular weight excluding hydrogens is 472 g/mol. The van der Waals surface area contributed by atoms with E-state index in [1.165, 1.54) is 27.9 Å². The van der Waals surface area contributed by atoms with E-state index in [0.29, 0.717) is 0 Å². The van der Waals surface area contributed by atoms with Crippen LogP contribution in [0.4, 0.5) is 28.4 Å². The summed E-state index contributed by atoms with van der Waals surface area (Å²) in [4.78, 5) is 4.54. The minimum Gasteiger partial charge on any atom is -0.345 e. The van der Waals surface area contributed by atoms with Gasteiger partial charge in [-0.3, -0.25) is 0 Å². The number of para-hydroxylation sites is 3. The lowest BCUT2D eigenvalue weighted by molar-refractivity contribution is 1.21. The quantitative estimate of drug-likeness (QED) is 0.214. The molecule has 0 bridgehead atoms. The summed E-state index contributed by atoms with van der Waals surface area (Å²) in [5.41, 5.74) is 10.5. The lowest BCUT2D eigenvalue weighted by Gasteiger charge is -2.28. The van der Waals surface area contributed by atoms with E-state index in [1.807, 2.05) is 6.07 Å². The zero-order chi connectivity index (χ0) is 26.4. The van der Waals surface area contributed by atoms with Crippen LogP contribution >= 0.6 is 0 Å². The Morgan fingerprint density at radius 2 is 0.744 bits per heavy atom. The summed E-state index contributed by atoms with van der Waals surface area (Å²) < 4.78 is 0. The molecule has 0 aliphatic rings. The van der Waals surface area contributed by atoms with Crippen molar-refractivity contribution in [2.75, 3.05) is 16.8 Å². The first-order chi connectivity index (χ1) is 19.3. The Morgan fingerprint density at radius 3 is 1.33 bits per heavy atom. The monoisotopic (exact) mass is 502 g/mol. The highest BCUT2D eigenvalue weighted by molar-refractivity contribution is 5.88. The van der Waals surface area contributed by atoms with Gasteiger partial charge in [0.2, 0.25) is 0 Å². The normalized spacial score (nSPS) is 10.7. The van der Waals surface area contributed by atoms with E-state index in [1.54, 1.807) is 0 Å². The van der Waals surface area contributed by atoms with Gasteiger partial charge in [-0.1, -0.05) is 109 Å². The van der Waals surface area contributed by atoms with Crippen molar-refractivity contribution in [3.05, 3.63) is 164 Å². The standard InChI is InChI=1S/C37H30N2/c1-38(32-15-7-3-8-16-32)33-25-21-29(22-26-33)30-23-27-35(28-24-30)39(34-17-9-4-10-18-34)37-20-12-11-19-36(37)31-13-5-2-6-14-31/h2-28H,1H3. The van der Waals surface area contributed by atoms with E-state index in [4.69, 9.17) is 0 Å². The third kappa shape index (κ3) is 5.18. The zero-order valence-corrected chi connectivity index (χ0v) is 22.0. The predicted octanol–water partition coefficient (Wildman–Crippen LogP) is 10.3. The summed E-state index contributed by atoms with van der Waals surface area (Å²) in [6.07, 6.45) is 0. The summed E-state index contributed by atoms with van der Waals surface area (Å²) in [7, 11) is 2.10. The molecule has 0 aliphatic carbocycles. The van der Waals surface area contributed by atoms with Gasteiger partial charge in [-0.25, -0.2) is 0 Å². The Bertz CT molecular complexity index is 1630. The average Bonchev–Trinajstić information content (AvgIpc) is 3.03. The van der Waals surface area contributed by atoms with E-state index in [9.17, 15) is 0 Å². The van der Waals surface area contributed by atoms with E-state index < -0.39 is 0 Å². The lowest BCUT2D eigenvalue weighted by Crippen LogP contribution is -2.11. The molecule has 0 fully saturated rings. The molecule has 6 rings (SSSR count). The first-order valence-corrected chi connectivity index (χ1v) is 13.3. The molecule has 188 valence electrons. The van der Waals surface area contributed by atoms with E-state index in [0.717, 1.165) is 22.7 Å². The highest BCUT2D eigenvalue weighted by Gasteiger charge is 2.16. The van der Waals surface area contributed by atoms with Crippen LogP contribution in [0, 0.1) is 0 Å².